The largest absolute Gasteiger partial charge is 0.308 e. The minimum absolute atomic E-state index is 0.812. The van der Waals surface area contributed by atoms with Crippen molar-refractivity contribution in [2.75, 3.05) is 0 Å². The lowest BCUT2D eigenvalue weighted by Gasteiger charge is -2.17. The van der Waals surface area contributed by atoms with E-state index in [0.29, 0.717) is 0 Å². The molecule has 3 heteroatoms. The topological polar surface area (TPSA) is 24.9 Å². The molecule has 0 spiro atoms. The molecule has 82 valence electrons. The molecule has 0 radical (unpaired) electrons. The highest BCUT2D eigenvalue weighted by atomic mass is 32.1. The number of hydrogen-bond donors (Lipinski definition) is 1. The first-order valence-corrected chi connectivity index (χ1v) is 6.85. The number of hydrogen-bond acceptors (Lipinski definition) is 3. The van der Waals surface area contributed by atoms with E-state index in [-0.39, 0.29) is 0 Å². The first-order chi connectivity index (χ1) is 7.34. The lowest BCUT2D eigenvalue weighted by atomic mass is 10.1. The van der Waals surface area contributed by atoms with Crippen LogP contribution in [-0.4, -0.2) is 11.0 Å². The SMILES string of the molecule is Cc1ncsc1CNC(C1CC1)C1CC1. The van der Waals surface area contributed by atoms with Crippen molar-refractivity contribution < 1.29 is 0 Å². The Bertz CT molecular complexity index is 327. The maximum absolute atomic E-state index is 4.29. The normalized spacial score (nSPS) is 21.2. The first-order valence-electron chi connectivity index (χ1n) is 5.97. The summed E-state index contributed by atoms with van der Waals surface area (Å²) in [7, 11) is 0. The number of aromatic nitrogens is 1. The third kappa shape index (κ3) is 2.23. The molecule has 0 saturated heterocycles. The summed E-state index contributed by atoms with van der Waals surface area (Å²) in [6.45, 7) is 3.14. The van der Waals surface area contributed by atoms with Crippen LogP contribution < -0.4 is 5.32 Å². The lowest BCUT2D eigenvalue weighted by Crippen LogP contribution is -2.32. The Balaban J connectivity index is 1.57. The van der Waals surface area contributed by atoms with Gasteiger partial charge in [0.15, 0.2) is 0 Å². The second-order valence-electron chi connectivity index (χ2n) is 4.94. The molecule has 2 fully saturated rings. The Morgan fingerprint density at radius 3 is 2.53 bits per heavy atom. The van der Waals surface area contributed by atoms with Gasteiger partial charge >= 0.3 is 0 Å². The molecular weight excluding hydrogens is 204 g/mol. The van der Waals surface area contributed by atoms with Gasteiger partial charge in [0.2, 0.25) is 0 Å². The van der Waals surface area contributed by atoms with Crippen LogP contribution in [0.4, 0.5) is 0 Å². The Hall–Kier alpha value is -0.410. The minimum Gasteiger partial charge on any atom is -0.308 e. The summed E-state index contributed by atoms with van der Waals surface area (Å²) in [5, 5.41) is 3.76. The summed E-state index contributed by atoms with van der Waals surface area (Å²) in [6.07, 6.45) is 5.82. The highest BCUT2D eigenvalue weighted by molar-refractivity contribution is 7.09. The Kier molecular flexibility index (Phi) is 2.53. The van der Waals surface area contributed by atoms with Gasteiger partial charge in [0, 0.05) is 17.5 Å². The molecule has 2 saturated carbocycles. The van der Waals surface area contributed by atoms with Gasteiger partial charge in [0.1, 0.15) is 0 Å². The number of rotatable bonds is 5. The van der Waals surface area contributed by atoms with Gasteiger partial charge in [-0.1, -0.05) is 0 Å². The summed E-state index contributed by atoms with van der Waals surface area (Å²) < 4.78 is 0. The molecule has 1 heterocycles. The van der Waals surface area contributed by atoms with E-state index in [0.717, 1.165) is 24.4 Å². The molecule has 0 bridgehead atoms. The summed E-state index contributed by atoms with van der Waals surface area (Å²) >= 11 is 1.78. The summed E-state index contributed by atoms with van der Waals surface area (Å²) in [6, 6.07) is 0.812. The van der Waals surface area contributed by atoms with Crippen molar-refractivity contribution in [1.82, 2.24) is 10.3 Å². The summed E-state index contributed by atoms with van der Waals surface area (Å²) in [5.41, 5.74) is 3.16. The highest BCUT2D eigenvalue weighted by Gasteiger charge is 2.40. The number of aryl methyl sites for hydroxylation is 1. The van der Waals surface area contributed by atoms with Gasteiger partial charge in [-0.05, 0) is 44.4 Å². The zero-order chi connectivity index (χ0) is 10.3. The van der Waals surface area contributed by atoms with Crippen LogP contribution in [0.1, 0.15) is 36.3 Å². The monoisotopic (exact) mass is 222 g/mol. The van der Waals surface area contributed by atoms with Crippen molar-refractivity contribution >= 4 is 11.3 Å². The van der Waals surface area contributed by atoms with Crippen molar-refractivity contribution in [3.8, 4) is 0 Å². The van der Waals surface area contributed by atoms with Crippen molar-refractivity contribution in [3.63, 3.8) is 0 Å². The Labute approximate surface area is 95.1 Å². The predicted octanol–water partition coefficient (Wildman–Crippen LogP) is 2.73. The van der Waals surface area contributed by atoms with Gasteiger partial charge in [-0.25, -0.2) is 4.98 Å². The molecule has 2 nitrogen and oxygen atoms in total. The van der Waals surface area contributed by atoms with Crippen LogP contribution in [0.25, 0.3) is 0 Å². The van der Waals surface area contributed by atoms with E-state index in [1.54, 1.807) is 11.3 Å². The van der Waals surface area contributed by atoms with Crippen molar-refractivity contribution in [2.24, 2.45) is 11.8 Å². The van der Waals surface area contributed by atoms with Crippen molar-refractivity contribution in [1.29, 1.82) is 0 Å². The molecule has 1 aromatic heterocycles. The number of thiazole rings is 1. The number of nitrogens with zero attached hydrogens (tertiary/aromatic N) is 1. The third-order valence-corrected chi connectivity index (χ3v) is 4.54. The number of nitrogens with one attached hydrogen (secondary N) is 1. The molecule has 0 aliphatic heterocycles. The predicted molar refractivity (Wildman–Crippen MR) is 62.9 cm³/mol. The standard InChI is InChI=1S/C12H18N2S/c1-8-11(15-7-14-8)6-13-12(9-2-3-9)10-4-5-10/h7,9-10,12-13H,2-6H2,1H3. The van der Waals surface area contributed by atoms with Gasteiger partial charge < -0.3 is 5.32 Å². The smallest absolute Gasteiger partial charge is 0.0798 e. The molecule has 15 heavy (non-hydrogen) atoms. The van der Waals surface area contributed by atoms with Gasteiger partial charge in [-0.3, -0.25) is 0 Å². The van der Waals surface area contributed by atoms with E-state index in [9.17, 15) is 0 Å². The second-order valence-corrected chi connectivity index (χ2v) is 5.88. The molecule has 3 rings (SSSR count). The van der Waals surface area contributed by atoms with Crippen LogP contribution in [-0.2, 0) is 6.54 Å². The molecule has 0 aromatic carbocycles. The van der Waals surface area contributed by atoms with Crippen molar-refractivity contribution in [3.05, 3.63) is 16.1 Å². The van der Waals surface area contributed by atoms with E-state index in [2.05, 4.69) is 17.2 Å². The Morgan fingerprint density at radius 1 is 1.40 bits per heavy atom. The molecule has 2 aliphatic carbocycles. The zero-order valence-electron chi connectivity index (χ0n) is 9.20. The molecule has 0 amide bonds. The third-order valence-electron chi connectivity index (χ3n) is 3.60. The van der Waals surface area contributed by atoms with Crippen LogP contribution in [0.3, 0.4) is 0 Å². The van der Waals surface area contributed by atoms with Crippen molar-refractivity contribution in [2.45, 2.75) is 45.2 Å². The van der Waals surface area contributed by atoms with Crippen LogP contribution in [0.15, 0.2) is 5.51 Å². The molecule has 1 N–H and O–H groups in total. The van der Waals surface area contributed by atoms with E-state index < -0.39 is 0 Å². The maximum Gasteiger partial charge on any atom is 0.0798 e. The van der Waals surface area contributed by atoms with E-state index >= 15 is 0 Å². The van der Waals surface area contributed by atoms with Gasteiger partial charge in [-0.2, -0.15) is 0 Å². The summed E-state index contributed by atoms with van der Waals surface area (Å²) in [4.78, 5) is 5.71. The van der Waals surface area contributed by atoms with Crippen LogP contribution in [0, 0.1) is 18.8 Å². The van der Waals surface area contributed by atoms with Crippen LogP contribution in [0.5, 0.6) is 0 Å². The minimum atomic E-state index is 0.812. The second kappa shape index (κ2) is 3.87. The molecular formula is C12H18N2S. The zero-order valence-corrected chi connectivity index (χ0v) is 10.0. The molecule has 1 aromatic rings. The molecule has 0 atom stereocenters. The van der Waals surface area contributed by atoms with Gasteiger partial charge in [-0.15, -0.1) is 11.3 Å². The molecule has 2 aliphatic rings. The highest BCUT2D eigenvalue weighted by Crippen LogP contribution is 2.44. The average molecular weight is 222 g/mol. The molecule has 0 unspecified atom stereocenters. The van der Waals surface area contributed by atoms with Crippen LogP contribution in [0.2, 0.25) is 0 Å². The van der Waals surface area contributed by atoms with E-state index in [1.165, 1.54) is 36.3 Å². The van der Waals surface area contributed by atoms with Gasteiger partial charge in [0.05, 0.1) is 11.2 Å². The quantitative estimate of drug-likeness (QED) is 0.828. The fourth-order valence-electron chi connectivity index (χ4n) is 2.34. The first kappa shape index (κ1) is 9.79. The maximum atomic E-state index is 4.29. The Morgan fingerprint density at radius 2 is 2.07 bits per heavy atom. The summed E-state index contributed by atoms with van der Waals surface area (Å²) in [5.74, 6) is 1.98. The average Bonchev–Trinajstić information content (AvgIpc) is 3.11. The lowest BCUT2D eigenvalue weighted by molar-refractivity contribution is 0.417. The van der Waals surface area contributed by atoms with E-state index in [4.69, 9.17) is 0 Å². The fraction of sp³-hybridized carbons (Fsp3) is 0.750. The van der Waals surface area contributed by atoms with Crippen LogP contribution >= 0.6 is 11.3 Å². The van der Waals surface area contributed by atoms with Gasteiger partial charge in [0.25, 0.3) is 0 Å². The van der Waals surface area contributed by atoms with E-state index in [1.807, 2.05) is 5.51 Å². The fourth-order valence-corrected chi connectivity index (χ4v) is 3.06.